The topological polar surface area (TPSA) is 210 Å². The number of aliphatic hydroxyl groups excluding tert-OH is 5. The second-order valence-corrected chi connectivity index (χ2v) is 17.3. The molecule has 0 heterocycles. The first-order chi connectivity index (χ1) is 29.4. The average Bonchev–Trinajstić information content (AvgIpc) is 3.24. The quantitative estimate of drug-likeness (QED) is 0.0149. The van der Waals surface area contributed by atoms with Gasteiger partial charge in [-0.2, -0.15) is 0 Å². The molecule has 0 amide bonds. The molecule has 0 bridgehead atoms. The maximum atomic E-state index is 12.8. The van der Waals surface area contributed by atoms with Crippen LogP contribution in [-0.2, 0) is 32.7 Å². The van der Waals surface area contributed by atoms with Crippen molar-refractivity contribution >= 4 is 19.8 Å². The number of phosphoric acid groups is 1. The maximum absolute atomic E-state index is 12.8. The zero-order chi connectivity index (χ0) is 45.0. The Morgan fingerprint density at radius 3 is 1.39 bits per heavy atom. The SMILES string of the molecule is CCCCC/C=C/C/C=C/C/C=C/C/C=C/CCCCCC(=O)O[C@H](COC(=O)CCCCC/C=C/CCCCCCCC)COP(=O)(O)OC1C(O)C(O)C(O)[C@H](O)C1O. The van der Waals surface area contributed by atoms with Gasteiger partial charge >= 0.3 is 19.8 Å². The van der Waals surface area contributed by atoms with Crippen molar-refractivity contribution in [3.8, 4) is 0 Å². The first kappa shape index (κ1) is 56.6. The Morgan fingerprint density at radius 2 is 0.885 bits per heavy atom. The molecule has 0 aliphatic heterocycles. The third-order valence-electron chi connectivity index (χ3n) is 10.3. The van der Waals surface area contributed by atoms with Crippen LogP contribution in [-0.4, -0.2) is 98.3 Å². The van der Waals surface area contributed by atoms with E-state index in [1.807, 2.05) is 0 Å². The van der Waals surface area contributed by atoms with E-state index in [0.717, 1.165) is 70.6 Å². The van der Waals surface area contributed by atoms with E-state index >= 15 is 0 Å². The lowest BCUT2D eigenvalue weighted by Crippen LogP contribution is -2.64. The van der Waals surface area contributed by atoms with Crippen molar-refractivity contribution in [3.63, 3.8) is 0 Å². The Kier molecular flexibility index (Phi) is 34.3. The number of aliphatic hydroxyl groups is 5. The fourth-order valence-corrected chi connectivity index (χ4v) is 7.53. The second-order valence-electron chi connectivity index (χ2n) is 15.9. The van der Waals surface area contributed by atoms with Crippen molar-refractivity contribution in [2.24, 2.45) is 0 Å². The smallest absolute Gasteiger partial charge is 0.462 e. The summed E-state index contributed by atoms with van der Waals surface area (Å²) >= 11 is 0. The first-order valence-corrected chi connectivity index (χ1v) is 24.6. The highest BCUT2D eigenvalue weighted by Crippen LogP contribution is 2.47. The number of unbranched alkanes of at least 4 members (excludes halogenated alkanes) is 15. The van der Waals surface area contributed by atoms with Crippen molar-refractivity contribution in [3.05, 3.63) is 60.8 Å². The van der Waals surface area contributed by atoms with Gasteiger partial charge in [-0.15, -0.1) is 0 Å². The molecule has 0 aromatic rings. The van der Waals surface area contributed by atoms with Crippen LogP contribution in [0.4, 0.5) is 0 Å². The molecule has 1 aliphatic carbocycles. The number of ether oxygens (including phenoxy) is 2. The van der Waals surface area contributed by atoms with Crippen LogP contribution in [0.3, 0.4) is 0 Å². The van der Waals surface area contributed by atoms with E-state index in [-0.39, 0.29) is 12.8 Å². The van der Waals surface area contributed by atoms with E-state index in [9.17, 15) is 44.6 Å². The van der Waals surface area contributed by atoms with Gasteiger partial charge in [-0.3, -0.25) is 18.6 Å². The number of hydrogen-bond acceptors (Lipinski definition) is 12. The molecule has 14 heteroatoms. The summed E-state index contributed by atoms with van der Waals surface area (Å²) in [5.74, 6) is -1.16. The van der Waals surface area contributed by atoms with Gasteiger partial charge in [-0.25, -0.2) is 4.57 Å². The van der Waals surface area contributed by atoms with Crippen molar-refractivity contribution in [2.45, 2.75) is 211 Å². The monoisotopic (exact) mass is 885 g/mol. The van der Waals surface area contributed by atoms with Crippen LogP contribution in [0.5, 0.6) is 0 Å². The molecule has 6 N–H and O–H groups in total. The van der Waals surface area contributed by atoms with E-state index in [0.29, 0.717) is 12.8 Å². The van der Waals surface area contributed by atoms with Crippen LogP contribution in [0.25, 0.3) is 0 Å². The number of esters is 2. The van der Waals surface area contributed by atoms with Gasteiger partial charge in [0.25, 0.3) is 0 Å². The van der Waals surface area contributed by atoms with E-state index < -0.39 is 75.7 Å². The predicted octanol–water partition coefficient (Wildman–Crippen LogP) is 8.94. The molecular weight excluding hydrogens is 803 g/mol. The van der Waals surface area contributed by atoms with Crippen LogP contribution in [0.1, 0.15) is 168 Å². The van der Waals surface area contributed by atoms with Gasteiger partial charge in [0.05, 0.1) is 6.61 Å². The zero-order valence-corrected chi connectivity index (χ0v) is 38.1. The molecule has 0 spiro atoms. The summed E-state index contributed by atoms with van der Waals surface area (Å²) in [6.45, 7) is 3.21. The normalized spacial score (nSPS) is 22.6. The molecule has 1 rings (SSSR count). The second kappa shape index (κ2) is 37.0. The summed E-state index contributed by atoms with van der Waals surface area (Å²) in [5.41, 5.74) is 0. The fourth-order valence-electron chi connectivity index (χ4n) is 6.56. The number of allylic oxidation sites excluding steroid dienone is 10. The summed E-state index contributed by atoms with van der Waals surface area (Å²) < 4.78 is 33.5. The van der Waals surface area contributed by atoms with Gasteiger partial charge < -0.3 is 39.9 Å². The van der Waals surface area contributed by atoms with E-state index in [1.165, 1.54) is 57.8 Å². The number of carbonyl (C=O) groups is 2. The highest BCUT2D eigenvalue weighted by atomic mass is 31.2. The molecule has 61 heavy (non-hydrogen) atoms. The highest BCUT2D eigenvalue weighted by Gasteiger charge is 2.51. The molecule has 0 radical (unpaired) electrons. The molecule has 352 valence electrons. The minimum atomic E-state index is -5.13. The van der Waals surface area contributed by atoms with Gasteiger partial charge in [0.2, 0.25) is 0 Å². The number of phosphoric ester groups is 1. The number of rotatable bonds is 37. The lowest BCUT2D eigenvalue weighted by molar-refractivity contribution is -0.220. The molecule has 0 aromatic carbocycles. The third-order valence-corrected chi connectivity index (χ3v) is 11.3. The summed E-state index contributed by atoms with van der Waals surface area (Å²) in [7, 11) is -5.13. The van der Waals surface area contributed by atoms with E-state index in [1.54, 1.807) is 0 Å². The number of carbonyl (C=O) groups excluding carboxylic acids is 2. The minimum absolute atomic E-state index is 0.0539. The molecule has 13 nitrogen and oxygen atoms in total. The Balaban J connectivity index is 2.50. The molecule has 0 aromatic heterocycles. The van der Waals surface area contributed by atoms with Crippen LogP contribution in [0, 0.1) is 0 Å². The van der Waals surface area contributed by atoms with E-state index in [4.69, 9.17) is 18.5 Å². The third kappa shape index (κ3) is 29.5. The van der Waals surface area contributed by atoms with E-state index in [2.05, 4.69) is 74.6 Å². The van der Waals surface area contributed by atoms with Crippen LogP contribution >= 0.6 is 7.82 Å². The maximum Gasteiger partial charge on any atom is 0.472 e. The van der Waals surface area contributed by atoms with Gasteiger partial charge in [0, 0.05) is 12.8 Å². The van der Waals surface area contributed by atoms with Crippen LogP contribution in [0.15, 0.2) is 60.8 Å². The van der Waals surface area contributed by atoms with Gasteiger partial charge in [0.1, 0.15) is 43.2 Å². The summed E-state index contributed by atoms with van der Waals surface area (Å²) in [5, 5.41) is 50.1. The Hall–Kier alpha value is -2.45. The predicted molar refractivity (Wildman–Crippen MR) is 239 cm³/mol. The van der Waals surface area contributed by atoms with Crippen LogP contribution < -0.4 is 0 Å². The summed E-state index contributed by atoms with van der Waals surface area (Å²) in [6.07, 6.45) is 31.3. The standard InChI is InChI=1S/C47H81O13P/c1-3-5-7-9-11-13-15-17-18-19-20-21-22-24-26-28-30-32-34-36-41(49)59-39(38-58-61(55,56)60-47-45(53)43(51)42(50)44(52)46(47)54)37-57-40(48)35-33-31-29-27-25-23-16-14-12-10-8-6-4-2/h11,13,17-18,20-21,23-26,39,42-47,50-54H,3-10,12,14-16,19,22,27-38H2,1-2H3,(H,55,56)/b13-11+,18-17+,21-20+,25-23+,26-24+/t39-,42?,43+,44?,45?,46?,47?/m1/s1. The molecule has 1 saturated carbocycles. The summed E-state index contributed by atoms with van der Waals surface area (Å²) in [6, 6.07) is 0. The molecule has 1 aliphatic rings. The Labute approximate surface area is 366 Å². The summed E-state index contributed by atoms with van der Waals surface area (Å²) in [4.78, 5) is 35.7. The van der Waals surface area contributed by atoms with Crippen molar-refractivity contribution in [1.82, 2.24) is 0 Å². The van der Waals surface area contributed by atoms with Crippen molar-refractivity contribution in [2.75, 3.05) is 13.2 Å². The minimum Gasteiger partial charge on any atom is -0.462 e. The molecular formula is C47H81O13P. The van der Waals surface area contributed by atoms with Gasteiger partial charge in [-0.1, -0.05) is 132 Å². The lowest BCUT2D eigenvalue weighted by Gasteiger charge is -2.41. The molecule has 1 fully saturated rings. The molecule has 6 unspecified atom stereocenters. The Bertz CT molecular complexity index is 1300. The van der Waals surface area contributed by atoms with Gasteiger partial charge in [0.15, 0.2) is 6.10 Å². The molecule has 0 saturated heterocycles. The number of hydrogen-bond donors (Lipinski definition) is 6. The average molecular weight is 885 g/mol. The van der Waals surface area contributed by atoms with Crippen molar-refractivity contribution in [1.29, 1.82) is 0 Å². The Morgan fingerprint density at radius 1 is 0.508 bits per heavy atom. The highest BCUT2D eigenvalue weighted by molar-refractivity contribution is 7.47. The van der Waals surface area contributed by atoms with Crippen LogP contribution in [0.2, 0.25) is 0 Å². The van der Waals surface area contributed by atoms with Crippen molar-refractivity contribution < 1.29 is 63.1 Å². The lowest BCUT2D eigenvalue weighted by atomic mass is 9.85. The first-order valence-electron chi connectivity index (χ1n) is 23.1. The fraction of sp³-hybridized carbons (Fsp3) is 0.745. The van der Waals surface area contributed by atoms with Gasteiger partial charge in [-0.05, 0) is 83.5 Å². The molecule has 8 atom stereocenters. The largest absolute Gasteiger partial charge is 0.472 e. The zero-order valence-electron chi connectivity index (χ0n) is 37.2.